The largest absolute Gasteiger partial charge is 0.330 e. The van der Waals surface area contributed by atoms with Gasteiger partial charge in [0.15, 0.2) is 0 Å². The van der Waals surface area contributed by atoms with Crippen LogP contribution in [0.3, 0.4) is 0 Å². The second-order valence-corrected chi connectivity index (χ2v) is 6.56. The van der Waals surface area contributed by atoms with Gasteiger partial charge in [-0.3, -0.25) is 5.41 Å². The average Bonchev–Trinajstić information content (AvgIpc) is 3.25. The lowest BCUT2D eigenvalue weighted by atomic mass is 10.1. The zero-order chi connectivity index (χ0) is 20.3. The van der Waals surface area contributed by atoms with Crippen molar-refractivity contribution in [3.8, 4) is 17.3 Å². The highest BCUT2D eigenvalue weighted by Gasteiger charge is 2.19. The molecule has 142 valence electrons. The van der Waals surface area contributed by atoms with Gasteiger partial charge in [0, 0.05) is 15.6 Å². The number of allylic oxidation sites excluding steroid dienone is 1. The number of nitriles is 1. The summed E-state index contributed by atoms with van der Waals surface area (Å²) < 4.78 is 27.1. The van der Waals surface area contributed by atoms with Gasteiger partial charge in [0.2, 0.25) is 0 Å². The van der Waals surface area contributed by atoms with Crippen LogP contribution in [0.1, 0.15) is 17.2 Å². The summed E-state index contributed by atoms with van der Waals surface area (Å²) in [6, 6.07) is 6.63. The van der Waals surface area contributed by atoms with Crippen molar-refractivity contribution in [2.75, 3.05) is 0 Å². The molecule has 0 spiro atoms. The van der Waals surface area contributed by atoms with Crippen LogP contribution in [-0.2, 0) is 6.54 Å². The van der Waals surface area contributed by atoms with Crippen LogP contribution in [0.25, 0.3) is 17.3 Å². The van der Waals surface area contributed by atoms with Crippen molar-refractivity contribution < 1.29 is 8.78 Å². The first-order valence-corrected chi connectivity index (χ1v) is 8.65. The lowest BCUT2D eigenvalue weighted by Crippen LogP contribution is -2.12. The van der Waals surface area contributed by atoms with Crippen molar-refractivity contribution >= 4 is 35.0 Å². The molecule has 0 aliphatic carbocycles. The molecule has 6 nitrogen and oxygen atoms in total. The van der Waals surface area contributed by atoms with Crippen LogP contribution in [-0.4, -0.2) is 31.7 Å². The zero-order valence-electron chi connectivity index (χ0n) is 14.1. The van der Waals surface area contributed by atoms with Crippen molar-refractivity contribution in [3.63, 3.8) is 0 Å². The molecule has 0 saturated heterocycles. The summed E-state index contributed by atoms with van der Waals surface area (Å²) in [5, 5.41) is 17.9. The maximum absolute atomic E-state index is 13.0. The summed E-state index contributed by atoms with van der Waals surface area (Å²) in [5.41, 5.74) is 1.18. The van der Waals surface area contributed by atoms with Gasteiger partial charge < -0.3 is 9.55 Å². The average molecular weight is 421 g/mol. The number of H-pyrrole nitrogens is 1. The van der Waals surface area contributed by atoms with E-state index in [4.69, 9.17) is 33.9 Å². The van der Waals surface area contributed by atoms with Crippen LogP contribution < -0.4 is 0 Å². The Morgan fingerprint density at radius 1 is 1.29 bits per heavy atom. The van der Waals surface area contributed by atoms with E-state index in [1.54, 1.807) is 12.1 Å². The van der Waals surface area contributed by atoms with Crippen LogP contribution in [0, 0.1) is 16.7 Å². The van der Waals surface area contributed by atoms with Crippen LogP contribution in [0.5, 0.6) is 0 Å². The van der Waals surface area contributed by atoms with E-state index in [-0.39, 0.29) is 17.1 Å². The van der Waals surface area contributed by atoms with Gasteiger partial charge in [-0.1, -0.05) is 23.2 Å². The highest BCUT2D eigenvalue weighted by Crippen LogP contribution is 2.29. The molecule has 0 radical (unpaired) electrons. The highest BCUT2D eigenvalue weighted by molar-refractivity contribution is 6.35. The molecule has 2 heterocycles. The standard InChI is InChI=1S/C18H12Cl2F2N6/c19-11-3-10(4-12(20)5-11)17-18(28(9-26-17)8-15(21)22)14(24)1-2-16-25-7-13(6-23)27-16/h1-5,7,9,15,24H,8H2,(H,25,27)/b2-1-,24-14?. The van der Waals surface area contributed by atoms with E-state index in [2.05, 4.69) is 15.0 Å². The fraction of sp³-hybridized carbons (Fsp3) is 0.111. The topological polar surface area (TPSA) is 94.1 Å². The maximum atomic E-state index is 13.0. The maximum Gasteiger partial charge on any atom is 0.256 e. The first kappa shape index (κ1) is 19.7. The number of nitrogens with one attached hydrogen (secondary N) is 2. The summed E-state index contributed by atoms with van der Waals surface area (Å²) >= 11 is 12.1. The third-order valence-corrected chi connectivity index (χ3v) is 4.12. The van der Waals surface area contributed by atoms with Gasteiger partial charge in [0.25, 0.3) is 6.43 Å². The second-order valence-electron chi connectivity index (χ2n) is 5.68. The van der Waals surface area contributed by atoms with Gasteiger partial charge in [-0.2, -0.15) is 5.26 Å². The van der Waals surface area contributed by atoms with Crippen molar-refractivity contribution in [2.24, 2.45) is 0 Å². The van der Waals surface area contributed by atoms with Crippen LogP contribution in [0.2, 0.25) is 10.0 Å². The molecule has 0 atom stereocenters. The molecule has 0 aliphatic rings. The summed E-state index contributed by atoms with van der Waals surface area (Å²) in [6.07, 6.45) is 2.83. The Morgan fingerprint density at radius 2 is 2.00 bits per heavy atom. The number of imidazole rings is 2. The Hall–Kier alpha value is -3.02. The number of aromatic amines is 1. The highest BCUT2D eigenvalue weighted by atomic mass is 35.5. The minimum Gasteiger partial charge on any atom is -0.330 e. The van der Waals surface area contributed by atoms with Crippen LogP contribution in [0.4, 0.5) is 8.78 Å². The van der Waals surface area contributed by atoms with Crippen molar-refractivity contribution in [2.45, 2.75) is 13.0 Å². The van der Waals surface area contributed by atoms with E-state index in [9.17, 15) is 8.78 Å². The van der Waals surface area contributed by atoms with E-state index in [0.29, 0.717) is 27.1 Å². The number of hydrogen-bond acceptors (Lipinski definition) is 4. The Kier molecular flexibility index (Phi) is 5.87. The number of benzene rings is 1. The Balaban J connectivity index is 2.02. The molecule has 0 bridgehead atoms. The summed E-state index contributed by atoms with van der Waals surface area (Å²) in [5.74, 6) is 0.355. The molecule has 2 N–H and O–H groups in total. The number of alkyl halides is 2. The predicted molar refractivity (Wildman–Crippen MR) is 103 cm³/mol. The van der Waals surface area contributed by atoms with E-state index >= 15 is 0 Å². The minimum atomic E-state index is -2.62. The van der Waals surface area contributed by atoms with E-state index in [1.165, 1.54) is 35.3 Å². The van der Waals surface area contributed by atoms with Gasteiger partial charge in [-0.15, -0.1) is 0 Å². The Morgan fingerprint density at radius 3 is 2.61 bits per heavy atom. The van der Waals surface area contributed by atoms with E-state index < -0.39 is 13.0 Å². The first-order valence-electron chi connectivity index (χ1n) is 7.89. The van der Waals surface area contributed by atoms with Crippen molar-refractivity contribution in [1.82, 2.24) is 19.5 Å². The molecular weight excluding hydrogens is 409 g/mol. The fourth-order valence-corrected chi connectivity index (χ4v) is 3.10. The molecule has 0 saturated carbocycles. The molecule has 2 aromatic heterocycles. The summed E-state index contributed by atoms with van der Waals surface area (Å²) in [6.45, 7) is -0.619. The van der Waals surface area contributed by atoms with Crippen molar-refractivity contribution in [3.05, 3.63) is 64.1 Å². The van der Waals surface area contributed by atoms with Gasteiger partial charge >= 0.3 is 0 Å². The molecule has 3 aromatic rings. The predicted octanol–water partition coefficient (Wildman–Crippen LogP) is 4.80. The Bertz CT molecular complexity index is 1070. The smallest absolute Gasteiger partial charge is 0.256 e. The van der Waals surface area contributed by atoms with E-state index in [0.717, 1.165) is 0 Å². The molecule has 0 aliphatic heterocycles. The number of nitrogens with zero attached hydrogens (tertiary/aromatic N) is 4. The third kappa shape index (κ3) is 4.44. The van der Waals surface area contributed by atoms with Gasteiger partial charge in [0.1, 0.15) is 17.6 Å². The normalized spacial score (nSPS) is 11.3. The Labute approximate surface area is 168 Å². The number of halogens is 4. The molecule has 1 aromatic carbocycles. The van der Waals surface area contributed by atoms with Gasteiger partial charge in [0.05, 0.1) is 36.2 Å². The summed E-state index contributed by atoms with van der Waals surface area (Å²) in [4.78, 5) is 10.9. The number of rotatable bonds is 6. The second kappa shape index (κ2) is 8.33. The van der Waals surface area contributed by atoms with Crippen LogP contribution in [0.15, 0.2) is 36.8 Å². The quantitative estimate of drug-likeness (QED) is 0.560. The monoisotopic (exact) mass is 420 g/mol. The third-order valence-electron chi connectivity index (χ3n) is 3.69. The number of hydrogen-bond donors (Lipinski definition) is 2. The SMILES string of the molecule is N#Cc1cnc(/C=C\C(=N)c2c(-c3cc(Cl)cc(Cl)c3)ncn2CC(F)F)[nH]1. The molecular formula is C18H12Cl2F2N6. The molecule has 0 fully saturated rings. The lowest BCUT2D eigenvalue weighted by molar-refractivity contribution is 0.126. The summed E-state index contributed by atoms with van der Waals surface area (Å²) in [7, 11) is 0. The molecule has 0 amide bonds. The van der Waals surface area contributed by atoms with Crippen LogP contribution >= 0.6 is 23.2 Å². The van der Waals surface area contributed by atoms with E-state index in [1.807, 2.05) is 6.07 Å². The molecule has 0 unspecified atom stereocenters. The zero-order valence-corrected chi connectivity index (χ0v) is 15.6. The fourth-order valence-electron chi connectivity index (χ4n) is 2.57. The molecule has 3 rings (SSSR count). The molecule has 10 heteroatoms. The van der Waals surface area contributed by atoms with Gasteiger partial charge in [-0.25, -0.2) is 18.7 Å². The minimum absolute atomic E-state index is 0.0702. The van der Waals surface area contributed by atoms with Gasteiger partial charge in [-0.05, 0) is 30.4 Å². The number of aromatic nitrogens is 4. The first-order chi connectivity index (χ1) is 13.4. The van der Waals surface area contributed by atoms with Crippen molar-refractivity contribution in [1.29, 1.82) is 10.7 Å². The molecule has 28 heavy (non-hydrogen) atoms. The lowest BCUT2D eigenvalue weighted by Gasteiger charge is -2.09.